The fourth-order valence-corrected chi connectivity index (χ4v) is 2.89. The largest absolute Gasteiger partial charge is 0.454 e. The van der Waals surface area contributed by atoms with Crippen LogP contribution in [0.15, 0.2) is 35.4 Å². The van der Waals surface area contributed by atoms with Crippen LogP contribution in [0, 0.1) is 5.92 Å². The Labute approximate surface area is 164 Å². The molecule has 0 spiro atoms. The summed E-state index contributed by atoms with van der Waals surface area (Å²) in [6.45, 7) is 9.00. The number of nitrogens with one attached hydrogen (secondary N) is 1. The van der Waals surface area contributed by atoms with Crippen molar-refractivity contribution >= 4 is 0 Å². The van der Waals surface area contributed by atoms with E-state index in [1.165, 1.54) is 0 Å². The molecular weight excluding hydrogens is 362 g/mol. The number of fused-ring (bicyclic) bond motifs is 1. The van der Waals surface area contributed by atoms with E-state index in [0.29, 0.717) is 36.4 Å². The molecule has 0 unspecified atom stereocenters. The van der Waals surface area contributed by atoms with E-state index in [0.717, 1.165) is 12.0 Å². The van der Waals surface area contributed by atoms with Gasteiger partial charge in [-0.1, -0.05) is 31.5 Å². The van der Waals surface area contributed by atoms with Gasteiger partial charge in [0.25, 0.3) is 0 Å². The highest BCUT2D eigenvalue weighted by Crippen LogP contribution is 2.35. The molecule has 1 aromatic carbocycles. The van der Waals surface area contributed by atoms with Crippen LogP contribution in [-0.4, -0.2) is 47.9 Å². The molecule has 8 heteroatoms. The van der Waals surface area contributed by atoms with Gasteiger partial charge in [-0.15, -0.1) is 6.58 Å². The van der Waals surface area contributed by atoms with E-state index >= 15 is 0 Å². The number of hydrogen-bond donors (Lipinski definition) is 2. The Balaban J connectivity index is 1.68. The first-order valence-electron chi connectivity index (χ1n) is 9.46. The lowest BCUT2D eigenvalue weighted by molar-refractivity contribution is 0.0457. The van der Waals surface area contributed by atoms with Gasteiger partial charge < -0.3 is 29.2 Å². The molecule has 152 valence electrons. The molecule has 3 rings (SSSR count). The number of hydrogen-bond acceptors (Lipinski definition) is 8. The summed E-state index contributed by atoms with van der Waals surface area (Å²) < 4.78 is 21.6. The molecule has 0 radical (unpaired) electrons. The highest BCUT2D eigenvalue weighted by atomic mass is 16.7. The predicted octanol–water partition coefficient (Wildman–Crippen LogP) is 2.71. The number of ether oxygens (including phenoxy) is 3. The maximum absolute atomic E-state index is 10.1. The van der Waals surface area contributed by atoms with Crippen molar-refractivity contribution in [2.24, 2.45) is 5.92 Å². The van der Waals surface area contributed by atoms with Crippen molar-refractivity contribution in [3.63, 3.8) is 0 Å². The summed E-state index contributed by atoms with van der Waals surface area (Å²) in [4.78, 5) is 4.57. The summed E-state index contributed by atoms with van der Waals surface area (Å²) in [6.07, 6.45) is 1.93. The van der Waals surface area contributed by atoms with Gasteiger partial charge in [0, 0.05) is 12.1 Å². The van der Waals surface area contributed by atoms with Crippen LogP contribution >= 0.6 is 0 Å². The summed E-state index contributed by atoms with van der Waals surface area (Å²) >= 11 is 0. The van der Waals surface area contributed by atoms with Gasteiger partial charge in [0.2, 0.25) is 18.5 Å². The van der Waals surface area contributed by atoms with Crippen LogP contribution in [0.1, 0.15) is 32.2 Å². The third kappa shape index (κ3) is 4.89. The second kappa shape index (κ2) is 9.68. The van der Waals surface area contributed by atoms with Crippen LogP contribution in [0.3, 0.4) is 0 Å². The fourth-order valence-electron chi connectivity index (χ4n) is 2.89. The van der Waals surface area contributed by atoms with E-state index < -0.39 is 6.10 Å². The zero-order valence-electron chi connectivity index (χ0n) is 16.3. The van der Waals surface area contributed by atoms with Crippen LogP contribution in [0.4, 0.5) is 0 Å². The van der Waals surface area contributed by atoms with Crippen LogP contribution in [0.2, 0.25) is 0 Å². The van der Waals surface area contributed by atoms with Gasteiger partial charge in [0.15, 0.2) is 11.5 Å². The summed E-state index contributed by atoms with van der Waals surface area (Å²) in [7, 11) is 0. The molecule has 28 heavy (non-hydrogen) atoms. The number of benzene rings is 1. The summed E-state index contributed by atoms with van der Waals surface area (Å²) in [5, 5.41) is 17.5. The molecular formula is C20H27N3O5. The molecule has 1 aliphatic rings. The number of aliphatic hydroxyl groups excluding tert-OH is 1. The molecule has 0 saturated carbocycles. The van der Waals surface area contributed by atoms with E-state index in [1.807, 2.05) is 18.2 Å². The Bertz CT molecular complexity index is 779. The zero-order chi connectivity index (χ0) is 19.9. The lowest BCUT2D eigenvalue weighted by Crippen LogP contribution is -2.35. The van der Waals surface area contributed by atoms with E-state index in [4.69, 9.17) is 18.7 Å². The molecule has 8 nitrogen and oxygen atoms in total. The molecule has 0 amide bonds. The monoisotopic (exact) mass is 389 g/mol. The molecule has 2 N–H and O–H groups in total. The third-order valence-corrected chi connectivity index (χ3v) is 4.67. The second-order valence-corrected chi connectivity index (χ2v) is 6.78. The Kier molecular flexibility index (Phi) is 7.02. The zero-order valence-corrected chi connectivity index (χ0v) is 16.3. The van der Waals surface area contributed by atoms with Crippen LogP contribution in [0.5, 0.6) is 11.5 Å². The normalized spacial score (nSPS) is 16.0. The Morgan fingerprint density at radius 1 is 1.36 bits per heavy atom. The molecule has 1 aromatic heterocycles. The van der Waals surface area contributed by atoms with E-state index in [2.05, 4.69) is 35.9 Å². The first-order valence-corrected chi connectivity index (χ1v) is 9.46. The van der Waals surface area contributed by atoms with Gasteiger partial charge in [-0.2, -0.15) is 4.98 Å². The van der Waals surface area contributed by atoms with E-state index in [9.17, 15) is 5.11 Å². The molecule has 2 heterocycles. The third-order valence-electron chi connectivity index (χ3n) is 4.67. The minimum atomic E-state index is -0.636. The summed E-state index contributed by atoms with van der Waals surface area (Å²) in [5.41, 5.74) is 0.792. The second-order valence-electron chi connectivity index (χ2n) is 6.78. The van der Waals surface area contributed by atoms with Gasteiger partial charge in [0.1, 0.15) is 0 Å². The van der Waals surface area contributed by atoms with Gasteiger partial charge in [-0.05, 0) is 24.1 Å². The first-order chi connectivity index (χ1) is 13.6. The smallest absolute Gasteiger partial charge is 0.244 e. The van der Waals surface area contributed by atoms with Crippen LogP contribution in [-0.2, 0) is 4.74 Å². The number of nitrogens with zero attached hydrogens (tertiary/aromatic N) is 2. The van der Waals surface area contributed by atoms with Gasteiger partial charge >= 0.3 is 0 Å². The molecule has 1 aliphatic heterocycles. The Morgan fingerprint density at radius 2 is 2.18 bits per heavy atom. The maximum atomic E-state index is 10.1. The SMILES string of the molecule is C=CCOC[C@H](O)CN[C@H](c1nc(-c2ccc3c(c2)OCO3)no1)[C@H](C)CC. The topological polar surface area (TPSA) is 98.9 Å². The quantitative estimate of drug-likeness (QED) is 0.447. The minimum absolute atomic E-state index is 0.172. The average Bonchev–Trinajstić information content (AvgIpc) is 3.37. The van der Waals surface area contributed by atoms with Crippen LogP contribution in [0.25, 0.3) is 11.4 Å². The fraction of sp³-hybridized carbons (Fsp3) is 0.500. The van der Waals surface area contributed by atoms with Crippen molar-refractivity contribution in [3.8, 4) is 22.9 Å². The average molecular weight is 389 g/mol. The lowest BCUT2D eigenvalue weighted by Gasteiger charge is -2.22. The Hall–Kier alpha value is -2.42. The highest BCUT2D eigenvalue weighted by Gasteiger charge is 2.25. The van der Waals surface area contributed by atoms with E-state index in [-0.39, 0.29) is 25.4 Å². The lowest BCUT2D eigenvalue weighted by atomic mass is 9.99. The first kappa shape index (κ1) is 20.3. The molecule has 2 aromatic rings. The van der Waals surface area contributed by atoms with Crippen molar-refractivity contribution in [2.75, 3.05) is 26.6 Å². The van der Waals surface area contributed by atoms with Crippen molar-refractivity contribution in [1.29, 1.82) is 0 Å². The maximum Gasteiger partial charge on any atom is 0.244 e. The molecule has 0 fully saturated rings. The van der Waals surface area contributed by atoms with Crippen molar-refractivity contribution < 1.29 is 23.8 Å². The van der Waals surface area contributed by atoms with E-state index in [1.54, 1.807) is 6.08 Å². The standard InChI is InChI=1S/C20H27N3O5/c1-4-8-25-11-15(24)10-21-18(13(3)5-2)20-22-19(23-28-20)14-6-7-16-17(9-14)27-12-26-16/h4,6-7,9,13,15,18,21,24H,1,5,8,10-12H2,2-3H3/t13-,15-,18+/m1/s1. The number of rotatable bonds is 11. The summed E-state index contributed by atoms with van der Waals surface area (Å²) in [6, 6.07) is 5.37. The van der Waals surface area contributed by atoms with Gasteiger partial charge in [0.05, 0.1) is 25.4 Å². The Morgan fingerprint density at radius 3 is 2.96 bits per heavy atom. The molecule has 3 atom stereocenters. The highest BCUT2D eigenvalue weighted by molar-refractivity contribution is 5.61. The molecule has 0 aliphatic carbocycles. The van der Waals surface area contributed by atoms with Crippen molar-refractivity contribution in [1.82, 2.24) is 15.5 Å². The molecule has 0 bridgehead atoms. The summed E-state index contributed by atoms with van der Waals surface area (Å²) in [5.74, 6) is 2.59. The van der Waals surface area contributed by atoms with Crippen molar-refractivity contribution in [2.45, 2.75) is 32.4 Å². The van der Waals surface area contributed by atoms with Gasteiger partial charge in [-0.3, -0.25) is 0 Å². The number of aromatic nitrogens is 2. The number of aliphatic hydroxyl groups is 1. The van der Waals surface area contributed by atoms with Gasteiger partial charge in [-0.25, -0.2) is 0 Å². The van der Waals surface area contributed by atoms with Crippen molar-refractivity contribution in [3.05, 3.63) is 36.7 Å². The minimum Gasteiger partial charge on any atom is -0.454 e. The predicted molar refractivity (Wildman–Crippen MR) is 103 cm³/mol. The van der Waals surface area contributed by atoms with Crippen LogP contribution < -0.4 is 14.8 Å². The molecule has 0 saturated heterocycles.